The zero-order valence-corrected chi connectivity index (χ0v) is 19.9. The largest absolute Gasteiger partial charge is 0.478 e. The van der Waals surface area contributed by atoms with Crippen LogP contribution in [-0.2, 0) is 12.8 Å². The van der Waals surface area contributed by atoms with Gasteiger partial charge in [0.05, 0.1) is 11.1 Å². The average molecular weight is 433 g/mol. The third-order valence-corrected chi connectivity index (χ3v) is 6.18. The molecule has 1 aromatic rings. The monoisotopic (exact) mass is 432 g/mol. The molecule has 0 saturated heterocycles. The predicted molar refractivity (Wildman–Crippen MR) is 128 cm³/mol. The molecular weight excluding hydrogens is 388 g/mol. The molecule has 0 radical (unpaired) electrons. The highest BCUT2D eigenvalue weighted by molar-refractivity contribution is 6.03. The number of aromatic carboxylic acids is 2. The number of carbonyl (C=O) groups is 2. The number of hydrogen-bond acceptors (Lipinski definition) is 2. The lowest BCUT2D eigenvalue weighted by atomic mass is 9.89. The molecule has 1 rings (SSSR count). The molecule has 0 saturated carbocycles. The molecule has 0 aliphatic rings. The van der Waals surface area contributed by atoms with Crippen LogP contribution in [0.1, 0.15) is 142 Å². The van der Waals surface area contributed by atoms with Crippen molar-refractivity contribution < 1.29 is 19.8 Å². The first kappa shape index (κ1) is 27.2. The van der Waals surface area contributed by atoms with Crippen LogP contribution in [0.3, 0.4) is 0 Å². The van der Waals surface area contributed by atoms with Crippen molar-refractivity contribution in [2.75, 3.05) is 0 Å². The highest BCUT2D eigenvalue weighted by atomic mass is 16.4. The van der Waals surface area contributed by atoms with Gasteiger partial charge in [0.2, 0.25) is 0 Å². The summed E-state index contributed by atoms with van der Waals surface area (Å²) in [4.78, 5) is 23.6. The zero-order valence-electron chi connectivity index (χ0n) is 19.9. The van der Waals surface area contributed by atoms with Crippen LogP contribution in [0.25, 0.3) is 0 Å². The smallest absolute Gasteiger partial charge is 0.336 e. The quantitative estimate of drug-likeness (QED) is 0.217. The Morgan fingerprint density at radius 2 is 1.06 bits per heavy atom. The fourth-order valence-electron chi connectivity index (χ4n) is 4.34. The number of aryl methyl sites for hydroxylation is 1. The lowest BCUT2D eigenvalue weighted by Gasteiger charge is -2.15. The maximum atomic E-state index is 11.9. The van der Waals surface area contributed by atoms with Crippen molar-refractivity contribution in [2.24, 2.45) is 0 Å². The number of carboxylic acid groups (broad SMARTS) is 2. The first-order valence-corrected chi connectivity index (χ1v) is 12.6. The van der Waals surface area contributed by atoms with E-state index in [0.29, 0.717) is 6.42 Å². The summed E-state index contributed by atoms with van der Waals surface area (Å²) < 4.78 is 0. The molecule has 4 heteroatoms. The number of benzene rings is 1. The molecule has 0 spiro atoms. The van der Waals surface area contributed by atoms with E-state index in [1.165, 1.54) is 76.7 Å². The van der Waals surface area contributed by atoms with Crippen LogP contribution in [0.2, 0.25) is 0 Å². The maximum Gasteiger partial charge on any atom is 0.336 e. The van der Waals surface area contributed by atoms with Crippen molar-refractivity contribution in [1.29, 1.82) is 0 Å². The van der Waals surface area contributed by atoms with Crippen molar-refractivity contribution in [1.82, 2.24) is 0 Å². The molecule has 4 nitrogen and oxygen atoms in total. The van der Waals surface area contributed by atoms with Crippen molar-refractivity contribution in [3.05, 3.63) is 34.4 Å². The summed E-state index contributed by atoms with van der Waals surface area (Å²) >= 11 is 0. The molecule has 0 bridgehead atoms. The number of unbranched alkanes of at least 4 members (excludes halogenated alkanes) is 13. The number of rotatable bonds is 19. The lowest BCUT2D eigenvalue weighted by molar-refractivity contribution is 0.0650. The predicted octanol–water partition coefficient (Wildman–Crippen LogP) is 8.06. The Balaban J connectivity index is 2.70. The van der Waals surface area contributed by atoms with Crippen LogP contribution >= 0.6 is 0 Å². The van der Waals surface area contributed by atoms with E-state index in [2.05, 4.69) is 13.8 Å². The van der Waals surface area contributed by atoms with Gasteiger partial charge in [-0.05, 0) is 42.9 Å². The fourth-order valence-corrected chi connectivity index (χ4v) is 4.34. The van der Waals surface area contributed by atoms with Gasteiger partial charge in [0.1, 0.15) is 0 Å². The van der Waals surface area contributed by atoms with E-state index in [1.54, 1.807) is 0 Å². The van der Waals surface area contributed by atoms with E-state index >= 15 is 0 Å². The van der Waals surface area contributed by atoms with E-state index in [4.69, 9.17) is 0 Å². The first-order chi connectivity index (χ1) is 15.0. The minimum atomic E-state index is -1.16. The van der Waals surface area contributed by atoms with E-state index in [-0.39, 0.29) is 11.1 Å². The molecule has 0 heterocycles. The van der Waals surface area contributed by atoms with E-state index in [0.717, 1.165) is 43.2 Å². The fraction of sp³-hybridized carbons (Fsp3) is 0.704. The molecule has 176 valence electrons. The van der Waals surface area contributed by atoms with Crippen LogP contribution < -0.4 is 0 Å². The third kappa shape index (κ3) is 10.8. The van der Waals surface area contributed by atoms with Crippen molar-refractivity contribution >= 4 is 11.9 Å². The summed E-state index contributed by atoms with van der Waals surface area (Å²) in [7, 11) is 0. The molecule has 31 heavy (non-hydrogen) atoms. The minimum Gasteiger partial charge on any atom is -0.478 e. The Labute approximate surface area is 189 Å². The molecule has 0 atom stereocenters. The van der Waals surface area contributed by atoms with Gasteiger partial charge in [-0.15, -0.1) is 0 Å². The Hall–Kier alpha value is -1.84. The van der Waals surface area contributed by atoms with E-state index in [1.807, 2.05) is 6.07 Å². The molecule has 0 fully saturated rings. The molecular formula is C27H44O4. The Kier molecular flexibility index (Phi) is 14.7. The molecule has 0 amide bonds. The maximum absolute atomic E-state index is 11.9. The van der Waals surface area contributed by atoms with Gasteiger partial charge in [0.25, 0.3) is 0 Å². The van der Waals surface area contributed by atoms with Crippen molar-refractivity contribution in [2.45, 2.75) is 123 Å². The third-order valence-electron chi connectivity index (χ3n) is 6.18. The van der Waals surface area contributed by atoms with Gasteiger partial charge >= 0.3 is 11.9 Å². The summed E-state index contributed by atoms with van der Waals surface area (Å²) in [6.07, 6.45) is 19.5. The van der Waals surface area contributed by atoms with Crippen LogP contribution in [0.15, 0.2) is 12.1 Å². The second kappa shape index (κ2) is 16.8. The van der Waals surface area contributed by atoms with Crippen molar-refractivity contribution in [3.8, 4) is 0 Å². The number of carboxylic acids is 2. The Morgan fingerprint density at radius 1 is 0.613 bits per heavy atom. The molecule has 0 unspecified atom stereocenters. The highest BCUT2D eigenvalue weighted by Crippen LogP contribution is 2.25. The van der Waals surface area contributed by atoms with Gasteiger partial charge in [-0.1, -0.05) is 103 Å². The van der Waals surface area contributed by atoms with Gasteiger partial charge in [-0.2, -0.15) is 0 Å². The van der Waals surface area contributed by atoms with E-state index in [9.17, 15) is 19.8 Å². The Morgan fingerprint density at radius 3 is 1.52 bits per heavy atom. The molecule has 0 aromatic heterocycles. The van der Waals surface area contributed by atoms with Crippen LogP contribution in [0.5, 0.6) is 0 Å². The summed E-state index contributed by atoms with van der Waals surface area (Å²) in [5, 5.41) is 19.3. The zero-order chi connectivity index (χ0) is 22.9. The second-order valence-corrected chi connectivity index (χ2v) is 8.83. The minimum absolute atomic E-state index is 0.00977. The van der Waals surface area contributed by atoms with Crippen LogP contribution in [-0.4, -0.2) is 22.2 Å². The SMILES string of the molecule is CCCCCCCCCCCc1c(CCCCCCCC)ccc(C(=O)O)c1C(=O)O. The van der Waals surface area contributed by atoms with Gasteiger partial charge < -0.3 is 10.2 Å². The molecule has 0 aliphatic carbocycles. The van der Waals surface area contributed by atoms with E-state index < -0.39 is 11.9 Å². The van der Waals surface area contributed by atoms with Crippen LogP contribution in [0, 0.1) is 0 Å². The van der Waals surface area contributed by atoms with Gasteiger partial charge in [-0.25, -0.2) is 9.59 Å². The summed E-state index contributed by atoms with van der Waals surface area (Å²) in [6.45, 7) is 4.43. The lowest BCUT2D eigenvalue weighted by Crippen LogP contribution is -2.14. The standard InChI is InChI=1S/C27H44O4/c1-3-5-7-9-11-12-13-15-17-19-23-22(18-16-14-10-8-6-4-2)20-21-24(26(28)29)25(23)27(30)31/h20-21H,3-19H2,1-2H3,(H,28,29)(H,30,31). The molecule has 1 aromatic carbocycles. The normalized spacial score (nSPS) is 11.0. The second-order valence-electron chi connectivity index (χ2n) is 8.83. The van der Waals surface area contributed by atoms with Gasteiger partial charge in [0.15, 0.2) is 0 Å². The number of hydrogen-bond donors (Lipinski definition) is 2. The highest BCUT2D eigenvalue weighted by Gasteiger charge is 2.22. The van der Waals surface area contributed by atoms with Gasteiger partial charge in [0, 0.05) is 0 Å². The van der Waals surface area contributed by atoms with Crippen LogP contribution in [0.4, 0.5) is 0 Å². The molecule has 0 aliphatic heterocycles. The first-order valence-electron chi connectivity index (χ1n) is 12.6. The Bertz CT molecular complexity index is 651. The summed E-state index contributed by atoms with van der Waals surface area (Å²) in [5.41, 5.74) is 1.71. The van der Waals surface area contributed by atoms with Gasteiger partial charge in [-0.3, -0.25) is 0 Å². The van der Waals surface area contributed by atoms with Crippen molar-refractivity contribution in [3.63, 3.8) is 0 Å². The topological polar surface area (TPSA) is 74.6 Å². The molecule has 2 N–H and O–H groups in total. The summed E-state index contributed by atoms with van der Waals surface area (Å²) in [6, 6.07) is 3.34. The summed E-state index contributed by atoms with van der Waals surface area (Å²) in [5.74, 6) is -2.27. The average Bonchev–Trinajstić information content (AvgIpc) is 2.74.